The van der Waals surface area contributed by atoms with Gasteiger partial charge >= 0.3 is 0 Å². The van der Waals surface area contributed by atoms with Crippen LogP contribution in [0, 0.1) is 19.8 Å². The van der Waals surface area contributed by atoms with E-state index in [0.29, 0.717) is 12.0 Å². The second kappa shape index (κ2) is 4.65. The van der Waals surface area contributed by atoms with E-state index in [1.165, 1.54) is 11.3 Å². The number of likely N-dealkylation sites (tertiary alicyclic amines) is 1. The van der Waals surface area contributed by atoms with E-state index in [4.69, 9.17) is 0 Å². The van der Waals surface area contributed by atoms with Crippen LogP contribution in [0.4, 0.5) is 0 Å². The van der Waals surface area contributed by atoms with Gasteiger partial charge in [-0.2, -0.15) is 0 Å². The quantitative estimate of drug-likeness (QED) is 0.843. The first kappa shape index (κ1) is 13.2. The van der Waals surface area contributed by atoms with E-state index in [1.54, 1.807) is 0 Å². The molecule has 1 fully saturated rings. The molecule has 3 heteroatoms. The summed E-state index contributed by atoms with van der Waals surface area (Å²) in [6.07, 6.45) is 1.11. The summed E-state index contributed by atoms with van der Waals surface area (Å²) in [6.45, 7) is 9.41. The van der Waals surface area contributed by atoms with Gasteiger partial charge in [-0.05, 0) is 56.9 Å². The minimum Gasteiger partial charge on any atom is -0.358 e. The van der Waals surface area contributed by atoms with Gasteiger partial charge in [0, 0.05) is 34.7 Å². The van der Waals surface area contributed by atoms with E-state index >= 15 is 0 Å². The number of hydrogen-bond donors (Lipinski definition) is 1. The molecule has 1 aromatic carbocycles. The average Bonchev–Trinajstić information content (AvgIpc) is 2.89. The number of aromatic nitrogens is 1. The number of aryl methyl sites for hydroxylation is 2. The Morgan fingerprint density at radius 1 is 1.30 bits per heavy atom. The third kappa shape index (κ3) is 2.01. The Labute approximate surface area is 120 Å². The van der Waals surface area contributed by atoms with Crippen molar-refractivity contribution >= 4 is 16.8 Å². The van der Waals surface area contributed by atoms with Gasteiger partial charge < -0.3 is 9.88 Å². The van der Waals surface area contributed by atoms with Crippen LogP contribution in [0.3, 0.4) is 0 Å². The predicted molar refractivity (Wildman–Crippen MR) is 82.1 cm³/mol. The number of fused-ring (bicyclic) bond motifs is 1. The van der Waals surface area contributed by atoms with Crippen molar-refractivity contribution in [2.45, 2.75) is 40.2 Å². The maximum atomic E-state index is 12.7. The number of benzene rings is 1. The molecule has 2 heterocycles. The molecule has 0 radical (unpaired) electrons. The van der Waals surface area contributed by atoms with Crippen LogP contribution in [0.1, 0.15) is 41.9 Å². The number of hydrogen-bond acceptors (Lipinski definition) is 1. The molecule has 2 aromatic rings. The number of H-pyrrole nitrogens is 1. The predicted octanol–water partition coefficient (Wildman–Crippen LogP) is 3.66. The molecule has 3 rings (SSSR count). The zero-order valence-electron chi connectivity index (χ0n) is 12.7. The molecule has 2 atom stereocenters. The molecule has 1 aliphatic rings. The van der Waals surface area contributed by atoms with Crippen molar-refractivity contribution in [1.82, 2.24) is 9.88 Å². The third-order valence-corrected chi connectivity index (χ3v) is 4.60. The van der Waals surface area contributed by atoms with Gasteiger partial charge in [-0.3, -0.25) is 4.79 Å². The molecule has 0 aliphatic carbocycles. The molecule has 1 aliphatic heterocycles. The first-order valence-corrected chi connectivity index (χ1v) is 7.37. The summed E-state index contributed by atoms with van der Waals surface area (Å²) in [4.78, 5) is 18.0. The van der Waals surface area contributed by atoms with E-state index in [1.807, 2.05) is 23.1 Å². The fourth-order valence-corrected chi connectivity index (χ4v) is 3.34. The summed E-state index contributed by atoms with van der Waals surface area (Å²) in [7, 11) is 0. The molecule has 1 amide bonds. The molecule has 1 N–H and O–H groups in total. The Kier molecular flexibility index (Phi) is 3.08. The van der Waals surface area contributed by atoms with E-state index in [0.717, 1.165) is 29.4 Å². The van der Waals surface area contributed by atoms with Crippen molar-refractivity contribution in [1.29, 1.82) is 0 Å². The lowest BCUT2D eigenvalue weighted by molar-refractivity contribution is 0.0744. The number of aromatic amines is 1. The molecule has 20 heavy (non-hydrogen) atoms. The van der Waals surface area contributed by atoms with Crippen molar-refractivity contribution in [3.8, 4) is 0 Å². The molecule has 2 unspecified atom stereocenters. The van der Waals surface area contributed by atoms with Crippen LogP contribution in [0.5, 0.6) is 0 Å². The van der Waals surface area contributed by atoms with Crippen LogP contribution in [-0.4, -0.2) is 28.4 Å². The van der Waals surface area contributed by atoms with E-state index in [-0.39, 0.29) is 5.91 Å². The Hall–Kier alpha value is -1.77. The largest absolute Gasteiger partial charge is 0.358 e. The van der Waals surface area contributed by atoms with Crippen LogP contribution in [0.25, 0.3) is 10.9 Å². The van der Waals surface area contributed by atoms with E-state index in [9.17, 15) is 4.79 Å². The smallest absolute Gasteiger partial charge is 0.254 e. The maximum Gasteiger partial charge on any atom is 0.254 e. The van der Waals surface area contributed by atoms with Crippen LogP contribution in [0.15, 0.2) is 18.2 Å². The highest BCUT2D eigenvalue weighted by atomic mass is 16.2. The highest BCUT2D eigenvalue weighted by Gasteiger charge is 2.30. The Morgan fingerprint density at radius 2 is 2.05 bits per heavy atom. The van der Waals surface area contributed by atoms with E-state index in [2.05, 4.69) is 32.7 Å². The molecule has 0 saturated carbocycles. The Balaban J connectivity index is 1.98. The van der Waals surface area contributed by atoms with Crippen molar-refractivity contribution in [2.75, 3.05) is 6.54 Å². The zero-order chi connectivity index (χ0) is 14.4. The van der Waals surface area contributed by atoms with Gasteiger partial charge in [0.15, 0.2) is 0 Å². The monoisotopic (exact) mass is 270 g/mol. The summed E-state index contributed by atoms with van der Waals surface area (Å²) < 4.78 is 0. The molecule has 3 nitrogen and oxygen atoms in total. The van der Waals surface area contributed by atoms with Gasteiger partial charge in [0.2, 0.25) is 0 Å². The lowest BCUT2D eigenvalue weighted by Gasteiger charge is -2.21. The fourth-order valence-electron chi connectivity index (χ4n) is 3.34. The van der Waals surface area contributed by atoms with Crippen LogP contribution >= 0.6 is 0 Å². The number of nitrogens with zero attached hydrogens (tertiary/aromatic N) is 1. The summed E-state index contributed by atoms with van der Waals surface area (Å²) in [6, 6.07) is 6.34. The second-order valence-electron chi connectivity index (χ2n) is 6.28. The van der Waals surface area contributed by atoms with Crippen molar-refractivity contribution < 1.29 is 4.79 Å². The van der Waals surface area contributed by atoms with Crippen molar-refractivity contribution in [3.05, 3.63) is 35.0 Å². The highest BCUT2D eigenvalue weighted by molar-refractivity contribution is 5.99. The van der Waals surface area contributed by atoms with Gasteiger partial charge in [0.05, 0.1) is 0 Å². The summed E-state index contributed by atoms with van der Waals surface area (Å²) in [5.41, 5.74) is 4.32. The zero-order valence-corrected chi connectivity index (χ0v) is 12.7. The van der Waals surface area contributed by atoms with Gasteiger partial charge in [0.1, 0.15) is 0 Å². The van der Waals surface area contributed by atoms with Crippen LogP contribution < -0.4 is 0 Å². The number of nitrogens with one attached hydrogen (secondary N) is 1. The maximum absolute atomic E-state index is 12.7. The SMILES string of the molecule is Cc1[nH]c2ccc(C(=O)N3CC(C)CC3C)cc2c1C. The lowest BCUT2D eigenvalue weighted by atomic mass is 10.1. The van der Waals surface area contributed by atoms with Crippen molar-refractivity contribution in [3.63, 3.8) is 0 Å². The number of carbonyl (C=O) groups excluding carboxylic acids is 1. The minimum absolute atomic E-state index is 0.169. The normalized spacial score (nSPS) is 22.7. The first-order chi connectivity index (χ1) is 9.47. The molecule has 1 aromatic heterocycles. The second-order valence-corrected chi connectivity index (χ2v) is 6.28. The number of rotatable bonds is 1. The molecule has 1 saturated heterocycles. The summed E-state index contributed by atoms with van der Waals surface area (Å²) in [5.74, 6) is 0.774. The highest BCUT2D eigenvalue weighted by Crippen LogP contribution is 2.27. The van der Waals surface area contributed by atoms with Crippen LogP contribution in [0.2, 0.25) is 0 Å². The Morgan fingerprint density at radius 3 is 2.70 bits per heavy atom. The van der Waals surface area contributed by atoms with Gasteiger partial charge in [-0.15, -0.1) is 0 Å². The Bertz CT molecular complexity index is 671. The van der Waals surface area contributed by atoms with E-state index < -0.39 is 0 Å². The lowest BCUT2D eigenvalue weighted by Crippen LogP contribution is -2.33. The fraction of sp³-hybridized carbons (Fsp3) is 0.471. The summed E-state index contributed by atoms with van der Waals surface area (Å²) in [5, 5.41) is 1.16. The minimum atomic E-state index is 0.169. The van der Waals surface area contributed by atoms with Gasteiger partial charge in [0.25, 0.3) is 5.91 Å². The van der Waals surface area contributed by atoms with Crippen LogP contribution in [-0.2, 0) is 0 Å². The molecular formula is C17H22N2O. The van der Waals surface area contributed by atoms with Gasteiger partial charge in [-0.25, -0.2) is 0 Å². The standard InChI is InChI=1S/C17H22N2O/c1-10-7-11(2)19(9-10)17(20)14-5-6-16-15(8-14)12(3)13(4)18-16/h5-6,8,10-11,18H,7,9H2,1-4H3. The third-order valence-electron chi connectivity index (χ3n) is 4.60. The topological polar surface area (TPSA) is 36.1 Å². The molecule has 106 valence electrons. The first-order valence-electron chi connectivity index (χ1n) is 7.37. The van der Waals surface area contributed by atoms with Gasteiger partial charge in [-0.1, -0.05) is 6.92 Å². The average molecular weight is 270 g/mol. The molecule has 0 bridgehead atoms. The number of amides is 1. The number of carbonyl (C=O) groups is 1. The molecule has 0 spiro atoms. The summed E-state index contributed by atoms with van der Waals surface area (Å²) >= 11 is 0. The van der Waals surface area contributed by atoms with Crippen molar-refractivity contribution in [2.24, 2.45) is 5.92 Å². The molecular weight excluding hydrogens is 248 g/mol.